The van der Waals surface area contributed by atoms with Gasteiger partial charge in [-0.15, -0.1) is 0 Å². The van der Waals surface area contributed by atoms with Gasteiger partial charge in [0, 0.05) is 23.2 Å². The molecule has 0 aliphatic heterocycles. The predicted octanol–water partition coefficient (Wildman–Crippen LogP) is 4.21. The van der Waals surface area contributed by atoms with Gasteiger partial charge in [-0.2, -0.15) is 13.2 Å². The summed E-state index contributed by atoms with van der Waals surface area (Å²) in [5.41, 5.74) is 0.359. The summed E-state index contributed by atoms with van der Waals surface area (Å²) in [6, 6.07) is 4.43. The quantitative estimate of drug-likeness (QED) is 0.918. The van der Waals surface area contributed by atoms with Crippen LogP contribution in [0.4, 0.5) is 13.2 Å². The molecule has 0 saturated heterocycles. The highest BCUT2D eigenvalue weighted by atomic mass is 35.5. The molecular formula is C12H8Cl2F3NO2. The smallest absolute Gasteiger partial charge is 0.403 e. The number of benzene rings is 1. The number of carboxylic acids is 1. The second-order valence-corrected chi connectivity index (χ2v) is 5.06. The third kappa shape index (κ3) is 2.86. The zero-order valence-corrected chi connectivity index (χ0v) is 11.3. The minimum Gasteiger partial charge on any atom is -0.481 e. The molecule has 1 aromatic carbocycles. The fourth-order valence-electron chi connectivity index (χ4n) is 1.90. The maximum absolute atomic E-state index is 12.7. The lowest BCUT2D eigenvalue weighted by molar-refractivity contribution is -0.195. The van der Waals surface area contributed by atoms with Crippen molar-refractivity contribution in [1.82, 2.24) is 4.57 Å². The molecule has 0 spiro atoms. The minimum absolute atomic E-state index is 0.265. The van der Waals surface area contributed by atoms with Crippen molar-refractivity contribution < 1.29 is 23.1 Å². The van der Waals surface area contributed by atoms with Crippen LogP contribution in [0.25, 0.3) is 10.9 Å². The molecule has 0 fully saturated rings. The molecule has 0 saturated carbocycles. The van der Waals surface area contributed by atoms with E-state index < -0.39 is 24.6 Å². The van der Waals surface area contributed by atoms with Crippen molar-refractivity contribution in [3.63, 3.8) is 0 Å². The zero-order chi connectivity index (χ0) is 15.1. The number of alkyl halides is 3. The van der Waals surface area contributed by atoms with E-state index in [2.05, 4.69) is 0 Å². The molecule has 0 aliphatic carbocycles. The number of fused-ring (bicyclic) bond motifs is 1. The maximum Gasteiger partial charge on any atom is 0.403 e. The van der Waals surface area contributed by atoms with E-state index in [9.17, 15) is 18.0 Å². The minimum atomic E-state index is -4.83. The summed E-state index contributed by atoms with van der Waals surface area (Å²) in [6.07, 6.45) is -3.47. The van der Waals surface area contributed by atoms with Crippen molar-refractivity contribution in [2.24, 2.45) is 5.92 Å². The number of aromatic nitrogens is 1. The van der Waals surface area contributed by atoms with Gasteiger partial charge in [0.25, 0.3) is 0 Å². The first-order valence-electron chi connectivity index (χ1n) is 5.43. The molecule has 0 aliphatic rings. The molecule has 1 heterocycles. The van der Waals surface area contributed by atoms with Gasteiger partial charge in [0.05, 0.1) is 10.5 Å². The van der Waals surface area contributed by atoms with Crippen LogP contribution in [0, 0.1) is 5.92 Å². The SMILES string of the molecule is O=C(O)C(Cn1ccc2c(Cl)cc(Cl)cc21)C(F)(F)F. The Balaban J connectivity index is 2.46. The molecule has 1 atom stereocenters. The summed E-state index contributed by atoms with van der Waals surface area (Å²) in [4.78, 5) is 10.8. The van der Waals surface area contributed by atoms with E-state index >= 15 is 0 Å². The number of halogens is 5. The third-order valence-electron chi connectivity index (χ3n) is 2.88. The molecule has 2 aromatic rings. The number of carbonyl (C=O) groups is 1. The van der Waals surface area contributed by atoms with Crippen molar-refractivity contribution in [2.45, 2.75) is 12.7 Å². The van der Waals surface area contributed by atoms with E-state index in [1.165, 1.54) is 29.0 Å². The number of carboxylic acid groups (broad SMARTS) is 1. The van der Waals surface area contributed by atoms with Gasteiger partial charge in [0.1, 0.15) is 0 Å². The number of rotatable bonds is 3. The van der Waals surface area contributed by atoms with Crippen LogP contribution in [-0.2, 0) is 11.3 Å². The molecule has 1 aromatic heterocycles. The number of nitrogens with zero attached hydrogens (tertiary/aromatic N) is 1. The van der Waals surface area contributed by atoms with Gasteiger partial charge >= 0.3 is 12.1 Å². The van der Waals surface area contributed by atoms with Crippen LogP contribution < -0.4 is 0 Å². The van der Waals surface area contributed by atoms with Gasteiger partial charge in [0.2, 0.25) is 0 Å². The van der Waals surface area contributed by atoms with Gasteiger partial charge in [-0.3, -0.25) is 4.79 Å². The first-order valence-corrected chi connectivity index (χ1v) is 6.19. The van der Waals surface area contributed by atoms with E-state index in [0.717, 1.165) is 0 Å². The fourth-order valence-corrected chi connectivity index (χ4v) is 2.44. The van der Waals surface area contributed by atoms with Crippen LogP contribution in [-0.4, -0.2) is 21.8 Å². The summed E-state index contributed by atoms with van der Waals surface area (Å²) in [5.74, 6) is -4.41. The third-order valence-corrected chi connectivity index (χ3v) is 3.41. The van der Waals surface area contributed by atoms with E-state index in [1.807, 2.05) is 0 Å². The van der Waals surface area contributed by atoms with Crippen molar-refractivity contribution in [1.29, 1.82) is 0 Å². The summed E-state index contributed by atoms with van der Waals surface area (Å²) in [6.45, 7) is -0.737. The second kappa shape index (κ2) is 5.18. The highest BCUT2D eigenvalue weighted by Crippen LogP contribution is 2.32. The highest BCUT2D eigenvalue weighted by molar-refractivity contribution is 6.38. The summed E-state index contributed by atoms with van der Waals surface area (Å²) in [5, 5.41) is 9.78. The average molecular weight is 326 g/mol. The Labute approximate surface area is 121 Å². The lowest BCUT2D eigenvalue weighted by Crippen LogP contribution is -2.34. The normalized spacial score (nSPS) is 13.7. The van der Waals surface area contributed by atoms with E-state index in [4.69, 9.17) is 28.3 Å². The van der Waals surface area contributed by atoms with E-state index in [1.54, 1.807) is 0 Å². The van der Waals surface area contributed by atoms with Gasteiger partial charge in [-0.1, -0.05) is 23.2 Å². The molecule has 0 amide bonds. The zero-order valence-electron chi connectivity index (χ0n) is 9.79. The lowest BCUT2D eigenvalue weighted by atomic mass is 10.1. The maximum atomic E-state index is 12.7. The molecule has 0 bridgehead atoms. The van der Waals surface area contributed by atoms with Crippen LogP contribution in [0.15, 0.2) is 24.4 Å². The molecule has 8 heteroatoms. The first-order chi connectivity index (χ1) is 9.20. The van der Waals surface area contributed by atoms with Crippen LogP contribution in [0.5, 0.6) is 0 Å². The monoisotopic (exact) mass is 325 g/mol. The molecule has 0 radical (unpaired) electrons. The standard InChI is InChI=1S/C12H8Cl2F3NO2/c13-6-3-9(14)7-1-2-18(10(7)4-6)5-8(11(19)20)12(15,16)17/h1-4,8H,5H2,(H,19,20). The largest absolute Gasteiger partial charge is 0.481 e. The Bertz CT molecular complexity index is 667. The van der Waals surface area contributed by atoms with Crippen LogP contribution in [0.3, 0.4) is 0 Å². The Hall–Kier alpha value is -1.40. The van der Waals surface area contributed by atoms with Crippen LogP contribution in [0.1, 0.15) is 0 Å². The molecule has 1 unspecified atom stereocenters. The van der Waals surface area contributed by atoms with Crippen molar-refractivity contribution >= 4 is 40.1 Å². The number of hydrogen-bond acceptors (Lipinski definition) is 1. The topological polar surface area (TPSA) is 42.2 Å². The summed E-state index contributed by atoms with van der Waals surface area (Å²) >= 11 is 11.7. The Morgan fingerprint density at radius 3 is 2.55 bits per heavy atom. The van der Waals surface area contributed by atoms with Gasteiger partial charge < -0.3 is 9.67 Å². The van der Waals surface area contributed by atoms with Crippen molar-refractivity contribution in [3.8, 4) is 0 Å². The Kier molecular flexibility index (Phi) is 3.88. The van der Waals surface area contributed by atoms with Gasteiger partial charge in [-0.05, 0) is 18.2 Å². The van der Waals surface area contributed by atoms with Crippen LogP contribution >= 0.6 is 23.2 Å². The molecule has 2 rings (SSSR count). The van der Waals surface area contributed by atoms with E-state index in [0.29, 0.717) is 15.9 Å². The summed E-state index contributed by atoms with van der Waals surface area (Å²) < 4.78 is 39.2. The molecule has 20 heavy (non-hydrogen) atoms. The highest BCUT2D eigenvalue weighted by Gasteiger charge is 2.45. The second-order valence-electron chi connectivity index (χ2n) is 4.22. The Morgan fingerprint density at radius 1 is 1.35 bits per heavy atom. The van der Waals surface area contributed by atoms with Crippen molar-refractivity contribution in [2.75, 3.05) is 0 Å². The molecule has 3 nitrogen and oxygen atoms in total. The predicted molar refractivity (Wildman–Crippen MR) is 69.1 cm³/mol. The summed E-state index contributed by atoms with van der Waals surface area (Å²) in [7, 11) is 0. The lowest BCUT2D eigenvalue weighted by Gasteiger charge is -2.17. The fraction of sp³-hybridized carbons (Fsp3) is 0.250. The van der Waals surface area contributed by atoms with Crippen LogP contribution in [0.2, 0.25) is 10.0 Å². The number of hydrogen-bond donors (Lipinski definition) is 1. The molecule has 108 valence electrons. The van der Waals surface area contributed by atoms with E-state index in [-0.39, 0.29) is 5.02 Å². The van der Waals surface area contributed by atoms with Gasteiger partial charge in [-0.25, -0.2) is 0 Å². The van der Waals surface area contributed by atoms with Crippen molar-refractivity contribution in [3.05, 3.63) is 34.4 Å². The molecular weight excluding hydrogens is 318 g/mol. The average Bonchev–Trinajstić information content (AvgIpc) is 2.67. The molecule has 1 N–H and O–H groups in total. The number of aliphatic carboxylic acids is 1. The van der Waals surface area contributed by atoms with Gasteiger partial charge in [0.15, 0.2) is 5.92 Å². The first kappa shape index (κ1) is 15.0. The Morgan fingerprint density at radius 2 is 2.00 bits per heavy atom.